The fraction of sp³-hybridized carbons (Fsp3) is 0.206. The van der Waals surface area contributed by atoms with Gasteiger partial charge in [-0.15, -0.1) is 0 Å². The Hall–Kier alpha value is -4.11. The number of aromatic nitrogens is 2. The minimum Gasteiger partial charge on any atom is -0.507 e. The van der Waals surface area contributed by atoms with Gasteiger partial charge < -0.3 is 9.67 Å². The van der Waals surface area contributed by atoms with Crippen LogP contribution in [0.2, 0.25) is 0 Å². The number of aromatic hydroxyl groups is 1. The van der Waals surface area contributed by atoms with Gasteiger partial charge >= 0.3 is 0 Å². The predicted octanol–water partition coefficient (Wildman–Crippen LogP) is 8.71. The van der Waals surface area contributed by atoms with E-state index in [4.69, 9.17) is 4.98 Å². The number of hydrogen-bond acceptors (Lipinski definition) is 2. The summed E-state index contributed by atoms with van der Waals surface area (Å²) >= 11 is 0. The highest BCUT2D eigenvalue weighted by Gasteiger charge is 2.25. The van der Waals surface area contributed by atoms with E-state index in [1.807, 2.05) is 37.4 Å². The van der Waals surface area contributed by atoms with Gasteiger partial charge in [0.05, 0.1) is 17.0 Å². The van der Waals surface area contributed by atoms with Gasteiger partial charge in [0.2, 0.25) is 0 Å². The third-order valence-electron chi connectivity index (χ3n) is 7.05. The van der Waals surface area contributed by atoms with Crippen LogP contribution in [0.1, 0.15) is 37.5 Å². The van der Waals surface area contributed by atoms with E-state index in [-0.39, 0.29) is 11.2 Å². The molecule has 0 amide bonds. The van der Waals surface area contributed by atoms with Crippen LogP contribution < -0.4 is 0 Å². The maximum atomic E-state index is 11.7. The van der Waals surface area contributed by atoms with E-state index in [0.717, 1.165) is 50.6 Å². The summed E-state index contributed by atoms with van der Waals surface area (Å²) in [6.45, 7) is 10.8. The molecule has 0 fully saturated rings. The van der Waals surface area contributed by atoms with Crippen molar-refractivity contribution < 1.29 is 5.11 Å². The van der Waals surface area contributed by atoms with Crippen molar-refractivity contribution in [3.05, 3.63) is 108 Å². The summed E-state index contributed by atoms with van der Waals surface area (Å²) < 4.78 is 2.12. The average Bonchev–Trinajstić information content (AvgIpc) is 3.21. The second kappa shape index (κ2) is 9.40. The van der Waals surface area contributed by atoms with Crippen molar-refractivity contribution >= 4 is 0 Å². The minimum atomic E-state index is -0.100. The first-order valence-electron chi connectivity index (χ1n) is 12.8. The molecule has 0 atom stereocenters. The van der Waals surface area contributed by atoms with E-state index >= 15 is 0 Å². The highest BCUT2D eigenvalue weighted by atomic mass is 16.3. The van der Waals surface area contributed by atoms with E-state index in [0.29, 0.717) is 0 Å². The first-order chi connectivity index (χ1) is 17.6. The Balaban J connectivity index is 1.81. The molecule has 3 heteroatoms. The standard InChI is InChI=1S/C34H34N2O/c1-22-12-16-25(17-13-22)30-31(26-18-14-23(2)15-19-26)36(6)33(35-30)29-21-27(34(3,4)5)20-28(32(29)37)24-10-8-7-9-11-24/h7-21,37H,1-6H3. The number of aryl methyl sites for hydroxylation is 2. The molecule has 5 aromatic rings. The lowest BCUT2D eigenvalue weighted by Crippen LogP contribution is -2.12. The van der Waals surface area contributed by atoms with Crippen molar-refractivity contribution in [2.45, 2.75) is 40.0 Å². The third kappa shape index (κ3) is 4.70. The van der Waals surface area contributed by atoms with Crippen LogP contribution in [0.5, 0.6) is 5.75 Å². The molecule has 0 aliphatic rings. The Morgan fingerprint density at radius 1 is 0.676 bits per heavy atom. The molecule has 1 heterocycles. The Bertz CT molecular complexity index is 1550. The quantitative estimate of drug-likeness (QED) is 0.276. The number of imidazole rings is 1. The summed E-state index contributed by atoms with van der Waals surface area (Å²) in [6.07, 6.45) is 0. The van der Waals surface area contributed by atoms with Gasteiger partial charge in [-0.2, -0.15) is 0 Å². The topological polar surface area (TPSA) is 38.1 Å². The molecule has 37 heavy (non-hydrogen) atoms. The summed E-state index contributed by atoms with van der Waals surface area (Å²) in [5.41, 5.74) is 10.1. The number of benzene rings is 4. The summed E-state index contributed by atoms with van der Waals surface area (Å²) in [5, 5.41) is 11.7. The normalized spacial score (nSPS) is 11.6. The monoisotopic (exact) mass is 486 g/mol. The zero-order valence-corrected chi connectivity index (χ0v) is 22.5. The van der Waals surface area contributed by atoms with Crippen molar-refractivity contribution in [3.63, 3.8) is 0 Å². The number of phenols is 1. The summed E-state index contributed by atoms with van der Waals surface area (Å²) in [4.78, 5) is 5.20. The molecular formula is C34H34N2O. The number of hydrogen-bond donors (Lipinski definition) is 1. The molecule has 5 rings (SSSR count). The second-order valence-corrected chi connectivity index (χ2v) is 11.0. The molecule has 0 aliphatic heterocycles. The van der Waals surface area contributed by atoms with E-state index in [9.17, 15) is 5.11 Å². The second-order valence-electron chi connectivity index (χ2n) is 11.0. The molecular weight excluding hydrogens is 452 g/mol. The Labute approximate surface area is 220 Å². The molecule has 4 aromatic carbocycles. The minimum absolute atomic E-state index is 0.100. The fourth-order valence-electron chi connectivity index (χ4n) is 4.77. The largest absolute Gasteiger partial charge is 0.507 e. The van der Waals surface area contributed by atoms with Crippen LogP contribution in [0.25, 0.3) is 45.0 Å². The lowest BCUT2D eigenvalue weighted by molar-refractivity contribution is 0.477. The van der Waals surface area contributed by atoms with Crippen LogP contribution in [0.3, 0.4) is 0 Å². The Morgan fingerprint density at radius 2 is 1.22 bits per heavy atom. The van der Waals surface area contributed by atoms with Crippen LogP contribution in [0.4, 0.5) is 0 Å². The molecule has 186 valence electrons. The number of nitrogens with zero attached hydrogens (tertiary/aromatic N) is 2. The van der Waals surface area contributed by atoms with Crippen LogP contribution >= 0.6 is 0 Å². The van der Waals surface area contributed by atoms with Gasteiger partial charge in [-0.05, 0) is 42.5 Å². The van der Waals surface area contributed by atoms with Crippen LogP contribution in [-0.2, 0) is 12.5 Å². The number of rotatable bonds is 4. The maximum Gasteiger partial charge on any atom is 0.144 e. The SMILES string of the molecule is Cc1ccc(-c2nc(-c3cc(C(C)(C)C)cc(-c4ccccc4)c3O)n(C)c2-c2ccc(C)cc2)cc1. The van der Waals surface area contributed by atoms with Gasteiger partial charge in [0.1, 0.15) is 11.6 Å². The van der Waals surface area contributed by atoms with Gasteiger partial charge in [-0.1, -0.05) is 111 Å². The zero-order valence-electron chi connectivity index (χ0n) is 22.5. The molecule has 3 nitrogen and oxygen atoms in total. The molecule has 0 spiro atoms. The third-order valence-corrected chi connectivity index (χ3v) is 7.05. The van der Waals surface area contributed by atoms with Crippen molar-refractivity contribution in [1.29, 1.82) is 0 Å². The van der Waals surface area contributed by atoms with E-state index in [1.165, 1.54) is 11.1 Å². The lowest BCUT2D eigenvalue weighted by Gasteiger charge is -2.22. The summed E-state index contributed by atoms with van der Waals surface area (Å²) in [6, 6.07) is 31.3. The van der Waals surface area contributed by atoms with Crippen molar-refractivity contribution in [3.8, 4) is 50.8 Å². The predicted molar refractivity (Wildman–Crippen MR) is 155 cm³/mol. The summed E-state index contributed by atoms with van der Waals surface area (Å²) in [7, 11) is 2.04. The van der Waals surface area contributed by atoms with Gasteiger partial charge in [-0.25, -0.2) is 4.98 Å². The van der Waals surface area contributed by atoms with Gasteiger partial charge in [-0.3, -0.25) is 0 Å². The average molecular weight is 487 g/mol. The lowest BCUT2D eigenvalue weighted by atomic mass is 9.83. The fourth-order valence-corrected chi connectivity index (χ4v) is 4.77. The molecule has 0 unspecified atom stereocenters. The molecule has 0 saturated carbocycles. The Kier molecular flexibility index (Phi) is 6.25. The Morgan fingerprint density at radius 3 is 1.78 bits per heavy atom. The van der Waals surface area contributed by atoms with Crippen molar-refractivity contribution in [2.24, 2.45) is 7.05 Å². The maximum absolute atomic E-state index is 11.7. The molecule has 0 aliphatic carbocycles. The van der Waals surface area contributed by atoms with E-state index in [2.05, 4.69) is 99.8 Å². The molecule has 1 aromatic heterocycles. The molecule has 1 N–H and O–H groups in total. The van der Waals surface area contributed by atoms with E-state index in [1.54, 1.807) is 0 Å². The van der Waals surface area contributed by atoms with Gasteiger partial charge in [0.25, 0.3) is 0 Å². The van der Waals surface area contributed by atoms with Crippen molar-refractivity contribution in [2.75, 3.05) is 0 Å². The number of phenolic OH excluding ortho intramolecular Hbond substituents is 1. The zero-order chi connectivity index (χ0) is 26.3. The molecule has 0 radical (unpaired) electrons. The summed E-state index contributed by atoms with van der Waals surface area (Å²) in [5.74, 6) is 0.991. The molecule has 0 bridgehead atoms. The van der Waals surface area contributed by atoms with Crippen LogP contribution in [-0.4, -0.2) is 14.7 Å². The van der Waals surface area contributed by atoms with Crippen LogP contribution in [0.15, 0.2) is 91.0 Å². The van der Waals surface area contributed by atoms with E-state index < -0.39 is 0 Å². The highest BCUT2D eigenvalue weighted by Crippen LogP contribution is 2.44. The first-order valence-corrected chi connectivity index (χ1v) is 12.8. The first kappa shape index (κ1) is 24.6. The highest BCUT2D eigenvalue weighted by molar-refractivity contribution is 5.86. The van der Waals surface area contributed by atoms with Crippen LogP contribution in [0, 0.1) is 13.8 Å². The van der Waals surface area contributed by atoms with Gasteiger partial charge in [0.15, 0.2) is 0 Å². The van der Waals surface area contributed by atoms with Gasteiger partial charge in [0, 0.05) is 23.7 Å². The van der Waals surface area contributed by atoms with Crippen molar-refractivity contribution in [1.82, 2.24) is 9.55 Å². The smallest absolute Gasteiger partial charge is 0.144 e. The molecule has 0 saturated heterocycles.